The summed E-state index contributed by atoms with van der Waals surface area (Å²) in [6.45, 7) is 0. The molecule has 0 spiro atoms. The molecule has 0 atom stereocenters. The van der Waals surface area contributed by atoms with Crippen molar-refractivity contribution in [3.05, 3.63) is 24.3 Å². The van der Waals surface area contributed by atoms with Crippen molar-refractivity contribution in [3.63, 3.8) is 0 Å². The average Bonchev–Trinajstić information content (AvgIpc) is 3.06. The molecule has 0 unspecified atom stereocenters. The Morgan fingerprint density at radius 2 is 0.538 bits per heavy atom. The second-order valence-corrected chi connectivity index (χ2v) is 75.2. The second kappa shape index (κ2) is 9.81. The molecule has 2 rings (SSSR count). The molecule has 6 heteroatoms. The minimum atomic E-state index is -1.74. The van der Waals surface area contributed by atoms with Crippen LogP contribution in [0.5, 0.6) is 0 Å². The van der Waals surface area contributed by atoms with Crippen LogP contribution >= 0.6 is 22.7 Å². The zero-order valence-electron chi connectivity index (χ0n) is 19.1. The summed E-state index contributed by atoms with van der Waals surface area (Å²) in [7, 11) is 0. The normalized spacial score (nSPS) is 13.4. The Balaban J connectivity index is 0.000000260. The van der Waals surface area contributed by atoms with E-state index >= 15 is 0 Å². The Kier molecular flexibility index (Phi) is 10.1. The third-order valence-electron chi connectivity index (χ3n) is 4.17. The number of thiophene rings is 2. The van der Waals surface area contributed by atoms with Gasteiger partial charge in [0.25, 0.3) is 0 Å². The third kappa shape index (κ3) is 8.76. The molecule has 0 fully saturated rings. The van der Waals surface area contributed by atoms with E-state index in [1.807, 2.05) is 0 Å². The summed E-state index contributed by atoms with van der Waals surface area (Å²) in [5, 5.41) is 0. The van der Waals surface area contributed by atoms with E-state index < -0.39 is 73.5 Å². The molecule has 0 bridgehead atoms. The van der Waals surface area contributed by atoms with Crippen molar-refractivity contribution >= 4 is 108 Å². The van der Waals surface area contributed by atoms with E-state index in [0.717, 1.165) is 0 Å². The van der Waals surface area contributed by atoms with E-state index in [2.05, 4.69) is 106 Å². The van der Waals surface area contributed by atoms with E-state index in [9.17, 15) is 0 Å². The van der Waals surface area contributed by atoms with Crippen molar-refractivity contribution < 1.29 is 0 Å². The Morgan fingerprint density at radius 1 is 0.385 bits per heavy atom. The van der Waals surface area contributed by atoms with Gasteiger partial charge in [-0.15, -0.1) is 0 Å². The van der Waals surface area contributed by atoms with Crippen molar-refractivity contribution in [2.75, 3.05) is 0 Å². The monoisotopic (exact) mass is 824 g/mol. The van der Waals surface area contributed by atoms with Crippen LogP contribution in [0, 0.1) is 0 Å². The quantitative estimate of drug-likeness (QED) is 0.349. The van der Waals surface area contributed by atoms with E-state index in [4.69, 9.17) is 0 Å². The van der Waals surface area contributed by atoms with Gasteiger partial charge in [0.2, 0.25) is 0 Å². The molecule has 0 radical (unpaired) electrons. The molecule has 0 N–H and O–H groups in total. The summed E-state index contributed by atoms with van der Waals surface area (Å²) in [5.41, 5.74) is 0. The number of rotatable bonds is 4. The van der Waals surface area contributed by atoms with Crippen LogP contribution in [0.15, 0.2) is 24.3 Å². The molecule has 2 heterocycles. The first-order valence-electron chi connectivity index (χ1n) is 9.64. The van der Waals surface area contributed by atoms with Gasteiger partial charge in [0.1, 0.15) is 0 Å². The molecule has 0 aliphatic rings. The fourth-order valence-electron chi connectivity index (χ4n) is 2.29. The molecule has 0 saturated heterocycles. The van der Waals surface area contributed by atoms with Gasteiger partial charge in [-0.05, 0) is 0 Å². The van der Waals surface area contributed by atoms with Crippen molar-refractivity contribution in [2.45, 2.75) is 59.3 Å². The Morgan fingerprint density at radius 3 is 0.615 bits per heavy atom. The summed E-state index contributed by atoms with van der Waals surface area (Å²) >= 11 is -2.70. The SMILES string of the molecule is [CH3][Sn]([CH3])([CH3])[c]1cc[c]([Sn]([CH3])([CH3])[CH3])s1.[CH3][Sn]([CH3])([CH3])[c]1cc[c]([Sn]([CH3])([CH3])[CH3])s1. The van der Waals surface area contributed by atoms with Crippen LogP contribution < -0.4 is 11.6 Å². The van der Waals surface area contributed by atoms with Crippen molar-refractivity contribution in [1.29, 1.82) is 0 Å². The number of hydrogen-bond donors (Lipinski definition) is 0. The van der Waals surface area contributed by atoms with Gasteiger partial charge in [-0.3, -0.25) is 0 Å². The topological polar surface area (TPSA) is 0 Å². The van der Waals surface area contributed by atoms with E-state index in [-0.39, 0.29) is 0 Å². The summed E-state index contributed by atoms with van der Waals surface area (Å²) in [5.74, 6) is 0. The summed E-state index contributed by atoms with van der Waals surface area (Å²) in [6.07, 6.45) is 0. The molecule has 0 saturated carbocycles. The molecule has 2 aromatic heterocycles. The van der Waals surface area contributed by atoms with Crippen LogP contribution in [-0.2, 0) is 0 Å². The molecule has 0 nitrogen and oxygen atoms in total. The maximum absolute atomic E-state index is 2.50. The molecule has 26 heavy (non-hydrogen) atoms. The average molecular weight is 820 g/mol. The molecular weight excluding hydrogens is 779 g/mol. The van der Waals surface area contributed by atoms with E-state index in [1.54, 1.807) is 11.6 Å². The first kappa shape index (κ1) is 26.6. The number of hydrogen-bond acceptors (Lipinski definition) is 2. The molecule has 0 aliphatic carbocycles. The molecule has 148 valence electrons. The molecule has 0 aromatic carbocycles. The Hall–Kier alpha value is 2.59. The van der Waals surface area contributed by atoms with Gasteiger partial charge in [-0.1, -0.05) is 0 Å². The summed E-state index contributed by atoms with van der Waals surface area (Å²) < 4.78 is 6.98. The summed E-state index contributed by atoms with van der Waals surface area (Å²) in [4.78, 5) is 30.0. The summed E-state index contributed by atoms with van der Waals surface area (Å²) in [6, 6.07) is 9.66. The maximum atomic E-state index is 2.50. The van der Waals surface area contributed by atoms with Gasteiger partial charge in [0.05, 0.1) is 0 Å². The zero-order chi connectivity index (χ0) is 20.6. The van der Waals surface area contributed by atoms with Crippen molar-refractivity contribution in [1.82, 2.24) is 0 Å². The first-order chi connectivity index (χ1) is 11.4. The fourth-order valence-corrected chi connectivity index (χ4v) is 30.4. The predicted octanol–water partition coefficient (Wildman–Crippen LogP) is 5.68. The van der Waals surface area contributed by atoms with Crippen LogP contribution in [0.4, 0.5) is 0 Å². The van der Waals surface area contributed by atoms with Crippen LogP contribution in [0.1, 0.15) is 0 Å². The van der Waals surface area contributed by atoms with Gasteiger partial charge in [-0.2, -0.15) is 0 Å². The molecular formula is C20H40S2Sn4. The van der Waals surface area contributed by atoms with E-state index in [1.165, 1.54) is 0 Å². The molecule has 2 aromatic rings. The zero-order valence-corrected chi connectivity index (χ0v) is 32.2. The van der Waals surface area contributed by atoms with Gasteiger partial charge in [-0.25, -0.2) is 0 Å². The minimum absolute atomic E-state index is 1.74. The predicted molar refractivity (Wildman–Crippen MR) is 141 cm³/mol. The van der Waals surface area contributed by atoms with Gasteiger partial charge < -0.3 is 0 Å². The van der Waals surface area contributed by atoms with Gasteiger partial charge in [0.15, 0.2) is 0 Å². The van der Waals surface area contributed by atoms with E-state index in [0.29, 0.717) is 0 Å². The van der Waals surface area contributed by atoms with Crippen LogP contribution in [0.2, 0.25) is 59.3 Å². The van der Waals surface area contributed by atoms with Crippen LogP contribution in [-0.4, -0.2) is 73.5 Å². The first-order valence-corrected chi connectivity index (χ1v) is 51.2. The van der Waals surface area contributed by atoms with Crippen molar-refractivity contribution in [2.24, 2.45) is 0 Å². The van der Waals surface area contributed by atoms with Gasteiger partial charge >= 0.3 is 191 Å². The second-order valence-electron chi connectivity index (χ2n) is 11.3. The molecule has 0 aliphatic heterocycles. The Labute approximate surface area is 188 Å². The standard InChI is InChI=1S/2C4H2S.12CH3.4Sn/c2*1-2-4-5-3-1;;;;;;;;;;;;;;;;/h2*1-2H;12*1H3;;;;. The van der Waals surface area contributed by atoms with Crippen LogP contribution in [0.3, 0.4) is 0 Å². The van der Waals surface area contributed by atoms with Crippen LogP contribution in [0.25, 0.3) is 0 Å². The van der Waals surface area contributed by atoms with Crippen molar-refractivity contribution in [3.8, 4) is 0 Å². The third-order valence-corrected chi connectivity index (χ3v) is 44.3. The molecule has 0 amide bonds. The van der Waals surface area contributed by atoms with Gasteiger partial charge in [0, 0.05) is 0 Å². The Bertz CT molecular complexity index is 582. The fraction of sp³-hybridized carbons (Fsp3) is 0.600.